The molecule has 138 valence electrons. The molecule has 1 amide bonds. The molecule has 5 nitrogen and oxygen atoms in total. The largest absolute Gasteiger partial charge is 0.481 e. The van der Waals surface area contributed by atoms with Crippen molar-refractivity contribution in [1.82, 2.24) is 4.90 Å². The Labute approximate surface area is 150 Å². The normalized spacial score (nSPS) is 14.6. The van der Waals surface area contributed by atoms with Crippen molar-refractivity contribution in [3.63, 3.8) is 0 Å². The average Bonchev–Trinajstić information content (AvgIpc) is 2.63. The Morgan fingerprint density at radius 1 is 1.24 bits per heavy atom. The molecule has 0 saturated heterocycles. The van der Waals surface area contributed by atoms with Crippen LogP contribution in [-0.4, -0.2) is 48.2 Å². The molecule has 0 heterocycles. The highest BCUT2D eigenvalue weighted by molar-refractivity contribution is 5.94. The van der Waals surface area contributed by atoms with E-state index in [9.17, 15) is 14.7 Å². The van der Waals surface area contributed by atoms with Crippen LogP contribution in [0.1, 0.15) is 54.6 Å². The predicted octanol–water partition coefficient (Wildman–Crippen LogP) is 3.15. The maximum atomic E-state index is 12.9. The van der Waals surface area contributed by atoms with Gasteiger partial charge in [-0.3, -0.25) is 9.59 Å². The molecule has 1 aliphatic carbocycles. The van der Waals surface area contributed by atoms with Crippen LogP contribution in [0.2, 0.25) is 0 Å². The van der Waals surface area contributed by atoms with E-state index >= 15 is 0 Å². The maximum Gasteiger partial charge on any atom is 0.308 e. The maximum absolute atomic E-state index is 12.9. The first kappa shape index (κ1) is 19.4. The van der Waals surface area contributed by atoms with Gasteiger partial charge in [-0.25, -0.2) is 0 Å². The summed E-state index contributed by atoms with van der Waals surface area (Å²) in [6.45, 7) is 5.52. The van der Waals surface area contributed by atoms with Gasteiger partial charge in [-0.2, -0.15) is 0 Å². The Kier molecular flexibility index (Phi) is 7.44. The van der Waals surface area contributed by atoms with E-state index < -0.39 is 11.9 Å². The van der Waals surface area contributed by atoms with Crippen LogP contribution in [0.25, 0.3) is 0 Å². The summed E-state index contributed by atoms with van der Waals surface area (Å²) < 4.78 is 5.34. The lowest BCUT2D eigenvalue weighted by Gasteiger charge is -2.25. The number of carboxylic acid groups (broad SMARTS) is 1. The van der Waals surface area contributed by atoms with E-state index in [1.165, 1.54) is 24.0 Å². The monoisotopic (exact) mass is 347 g/mol. The SMILES string of the molecule is CCOCCCN(CC(C)C(=O)O)C(=O)c1ccc2c(c1)CCCC2. The zero-order chi connectivity index (χ0) is 18.2. The second-order valence-corrected chi connectivity index (χ2v) is 6.73. The number of aliphatic carboxylic acids is 1. The van der Waals surface area contributed by atoms with E-state index in [0.29, 0.717) is 31.7 Å². The summed E-state index contributed by atoms with van der Waals surface area (Å²) in [5.41, 5.74) is 3.26. The molecule has 1 N–H and O–H groups in total. The fourth-order valence-electron chi connectivity index (χ4n) is 3.24. The molecule has 0 saturated carbocycles. The molecule has 1 aromatic carbocycles. The van der Waals surface area contributed by atoms with E-state index in [2.05, 4.69) is 6.07 Å². The second-order valence-electron chi connectivity index (χ2n) is 6.73. The smallest absolute Gasteiger partial charge is 0.308 e. The highest BCUT2D eigenvalue weighted by Gasteiger charge is 2.22. The van der Waals surface area contributed by atoms with Crippen LogP contribution in [0.4, 0.5) is 0 Å². The Hall–Kier alpha value is -1.88. The molecule has 0 aliphatic heterocycles. The summed E-state index contributed by atoms with van der Waals surface area (Å²) in [6, 6.07) is 5.94. The van der Waals surface area contributed by atoms with Crippen LogP contribution in [-0.2, 0) is 22.4 Å². The first-order valence-corrected chi connectivity index (χ1v) is 9.24. The molecular weight excluding hydrogens is 318 g/mol. The molecular formula is C20H29NO4. The first-order chi connectivity index (χ1) is 12.0. The number of nitrogens with zero attached hydrogens (tertiary/aromatic N) is 1. The number of benzene rings is 1. The molecule has 1 aliphatic rings. The molecule has 0 spiro atoms. The third kappa shape index (κ3) is 5.56. The number of carbonyl (C=O) groups excluding carboxylic acids is 1. The lowest BCUT2D eigenvalue weighted by Crippen LogP contribution is -2.38. The third-order valence-corrected chi connectivity index (χ3v) is 4.72. The van der Waals surface area contributed by atoms with Gasteiger partial charge in [0.05, 0.1) is 5.92 Å². The third-order valence-electron chi connectivity index (χ3n) is 4.72. The van der Waals surface area contributed by atoms with Crippen LogP contribution >= 0.6 is 0 Å². The van der Waals surface area contributed by atoms with Crippen molar-refractivity contribution in [1.29, 1.82) is 0 Å². The number of aryl methyl sites for hydroxylation is 2. The topological polar surface area (TPSA) is 66.8 Å². The zero-order valence-corrected chi connectivity index (χ0v) is 15.3. The summed E-state index contributed by atoms with van der Waals surface area (Å²) in [5.74, 6) is -1.56. The molecule has 0 aromatic heterocycles. The van der Waals surface area contributed by atoms with Crippen LogP contribution in [0.15, 0.2) is 18.2 Å². The standard InChI is InChI=1S/C20H29NO4/c1-3-25-12-6-11-21(14-15(2)20(23)24)19(22)18-10-9-16-7-4-5-8-17(16)13-18/h9-10,13,15H,3-8,11-12,14H2,1-2H3,(H,23,24). The van der Waals surface area contributed by atoms with Gasteiger partial charge in [-0.15, -0.1) is 0 Å². The van der Waals surface area contributed by atoms with Crippen molar-refractivity contribution in [3.05, 3.63) is 34.9 Å². The van der Waals surface area contributed by atoms with Gasteiger partial charge < -0.3 is 14.7 Å². The van der Waals surface area contributed by atoms with Gasteiger partial charge in [0.25, 0.3) is 5.91 Å². The Bertz CT molecular complexity index is 599. The minimum absolute atomic E-state index is 0.0852. The fraction of sp³-hybridized carbons (Fsp3) is 0.600. The van der Waals surface area contributed by atoms with Crippen LogP contribution < -0.4 is 0 Å². The van der Waals surface area contributed by atoms with E-state index in [-0.39, 0.29) is 12.5 Å². The number of amides is 1. The number of rotatable bonds is 9. The zero-order valence-electron chi connectivity index (χ0n) is 15.3. The molecule has 1 unspecified atom stereocenters. The van der Waals surface area contributed by atoms with Crippen molar-refractivity contribution >= 4 is 11.9 Å². The number of hydrogen-bond donors (Lipinski definition) is 1. The molecule has 0 radical (unpaired) electrons. The van der Waals surface area contributed by atoms with Gasteiger partial charge in [0.15, 0.2) is 0 Å². The predicted molar refractivity (Wildman–Crippen MR) is 96.9 cm³/mol. The molecule has 1 atom stereocenters. The molecule has 0 fully saturated rings. The summed E-state index contributed by atoms with van der Waals surface area (Å²) >= 11 is 0. The highest BCUT2D eigenvalue weighted by atomic mass is 16.5. The van der Waals surface area contributed by atoms with Crippen molar-refractivity contribution in [3.8, 4) is 0 Å². The summed E-state index contributed by atoms with van der Waals surface area (Å²) in [6.07, 6.45) is 5.18. The van der Waals surface area contributed by atoms with E-state index in [1.54, 1.807) is 11.8 Å². The minimum atomic E-state index is -0.881. The Balaban J connectivity index is 2.10. The van der Waals surface area contributed by atoms with Crippen LogP contribution in [0, 0.1) is 5.92 Å². The number of ether oxygens (including phenoxy) is 1. The minimum Gasteiger partial charge on any atom is -0.481 e. The van der Waals surface area contributed by atoms with Gasteiger partial charge in [0.2, 0.25) is 0 Å². The summed E-state index contributed by atoms with van der Waals surface area (Å²) in [5, 5.41) is 9.19. The van der Waals surface area contributed by atoms with Crippen molar-refractivity contribution < 1.29 is 19.4 Å². The van der Waals surface area contributed by atoms with Crippen molar-refractivity contribution in [2.75, 3.05) is 26.3 Å². The second kappa shape index (κ2) is 9.56. The number of carboxylic acids is 1. The van der Waals surface area contributed by atoms with Gasteiger partial charge in [-0.1, -0.05) is 13.0 Å². The highest BCUT2D eigenvalue weighted by Crippen LogP contribution is 2.23. The van der Waals surface area contributed by atoms with E-state index in [0.717, 1.165) is 12.8 Å². The molecule has 5 heteroatoms. The van der Waals surface area contributed by atoms with Crippen LogP contribution in [0.3, 0.4) is 0 Å². The quantitative estimate of drug-likeness (QED) is 0.697. The van der Waals surface area contributed by atoms with E-state index in [1.807, 2.05) is 19.1 Å². The number of hydrogen-bond acceptors (Lipinski definition) is 3. The Morgan fingerprint density at radius 2 is 1.96 bits per heavy atom. The van der Waals surface area contributed by atoms with E-state index in [4.69, 9.17) is 4.74 Å². The van der Waals surface area contributed by atoms with Gasteiger partial charge in [0.1, 0.15) is 0 Å². The molecule has 25 heavy (non-hydrogen) atoms. The number of fused-ring (bicyclic) bond motifs is 1. The Morgan fingerprint density at radius 3 is 2.64 bits per heavy atom. The fourth-order valence-corrected chi connectivity index (χ4v) is 3.24. The van der Waals surface area contributed by atoms with Gasteiger partial charge in [-0.05, 0) is 62.3 Å². The lowest BCUT2D eigenvalue weighted by atomic mass is 9.90. The summed E-state index contributed by atoms with van der Waals surface area (Å²) in [7, 11) is 0. The summed E-state index contributed by atoms with van der Waals surface area (Å²) in [4.78, 5) is 25.8. The van der Waals surface area contributed by atoms with Crippen molar-refractivity contribution in [2.24, 2.45) is 5.92 Å². The average molecular weight is 347 g/mol. The van der Waals surface area contributed by atoms with Crippen LogP contribution in [0.5, 0.6) is 0 Å². The number of carbonyl (C=O) groups is 2. The molecule has 0 bridgehead atoms. The molecule has 1 aromatic rings. The van der Waals surface area contributed by atoms with Gasteiger partial charge in [0, 0.05) is 31.9 Å². The first-order valence-electron chi connectivity index (χ1n) is 9.24. The van der Waals surface area contributed by atoms with Crippen molar-refractivity contribution in [2.45, 2.75) is 46.0 Å². The molecule has 2 rings (SSSR count). The van der Waals surface area contributed by atoms with Gasteiger partial charge >= 0.3 is 5.97 Å². The lowest BCUT2D eigenvalue weighted by molar-refractivity contribution is -0.141.